The summed E-state index contributed by atoms with van der Waals surface area (Å²) in [4.78, 5) is 15.4. The number of rotatable bonds is 6. The predicted molar refractivity (Wildman–Crippen MR) is 65.7 cm³/mol. The normalized spacial score (nSPS) is 10.6. The van der Waals surface area contributed by atoms with E-state index < -0.39 is 0 Å². The Hall–Kier alpha value is -2.22. The van der Waals surface area contributed by atoms with E-state index in [-0.39, 0.29) is 19.1 Å². The number of amides is 1. The molecule has 0 aliphatic carbocycles. The number of hydrogen-bond donors (Lipinski definition) is 1. The maximum Gasteiger partial charge on any atom is 0.260 e. The third kappa shape index (κ3) is 2.97. The molecule has 1 amide bonds. The average molecular weight is 265 g/mol. The van der Waals surface area contributed by atoms with Crippen LogP contribution >= 0.6 is 0 Å². The Kier molecular flexibility index (Phi) is 4.24. The Morgan fingerprint density at radius 3 is 3.05 bits per heavy atom. The standard InChI is InChI=1S/C11H15N5O3/c1-3-19-11-10-15-14-8(16(10)5-4-12-11)6-13-9(17)7-18-2/h4-5H,3,6-7H2,1-2H3,(H,13,17). The molecule has 102 valence electrons. The SMILES string of the molecule is CCOc1nccn2c(CNC(=O)COC)nnc12. The lowest BCUT2D eigenvalue weighted by Crippen LogP contribution is -2.27. The lowest BCUT2D eigenvalue weighted by molar-refractivity contribution is -0.124. The molecule has 19 heavy (non-hydrogen) atoms. The van der Waals surface area contributed by atoms with E-state index in [0.29, 0.717) is 24.0 Å². The summed E-state index contributed by atoms with van der Waals surface area (Å²) in [6, 6.07) is 0. The molecule has 0 bridgehead atoms. The number of hydrogen-bond acceptors (Lipinski definition) is 6. The van der Waals surface area contributed by atoms with Crippen LogP contribution in [0.3, 0.4) is 0 Å². The van der Waals surface area contributed by atoms with Crippen LogP contribution in [0.2, 0.25) is 0 Å². The first-order valence-corrected chi connectivity index (χ1v) is 5.83. The first kappa shape index (κ1) is 13.2. The molecule has 0 saturated heterocycles. The molecule has 0 saturated carbocycles. The van der Waals surface area contributed by atoms with Crippen molar-refractivity contribution in [2.75, 3.05) is 20.3 Å². The monoisotopic (exact) mass is 265 g/mol. The lowest BCUT2D eigenvalue weighted by atomic mass is 10.5. The third-order valence-electron chi connectivity index (χ3n) is 2.37. The molecule has 0 atom stereocenters. The minimum atomic E-state index is -0.210. The molecule has 8 nitrogen and oxygen atoms in total. The molecule has 8 heteroatoms. The minimum absolute atomic E-state index is 0.0164. The Morgan fingerprint density at radius 2 is 2.32 bits per heavy atom. The van der Waals surface area contributed by atoms with Crippen molar-refractivity contribution in [3.05, 3.63) is 18.2 Å². The van der Waals surface area contributed by atoms with Gasteiger partial charge in [-0.25, -0.2) is 4.98 Å². The van der Waals surface area contributed by atoms with Gasteiger partial charge in [-0.15, -0.1) is 10.2 Å². The summed E-state index contributed by atoms with van der Waals surface area (Å²) in [7, 11) is 1.46. The zero-order chi connectivity index (χ0) is 13.7. The molecule has 2 aromatic rings. The highest BCUT2D eigenvalue weighted by Crippen LogP contribution is 2.14. The van der Waals surface area contributed by atoms with Gasteiger partial charge in [-0.05, 0) is 6.92 Å². The average Bonchev–Trinajstić information content (AvgIpc) is 2.81. The van der Waals surface area contributed by atoms with Crippen molar-refractivity contribution in [1.82, 2.24) is 24.9 Å². The van der Waals surface area contributed by atoms with E-state index in [0.717, 1.165) is 0 Å². The number of aromatic nitrogens is 4. The van der Waals surface area contributed by atoms with E-state index >= 15 is 0 Å². The van der Waals surface area contributed by atoms with Gasteiger partial charge < -0.3 is 14.8 Å². The van der Waals surface area contributed by atoms with Crippen LogP contribution in [0.5, 0.6) is 5.88 Å². The molecule has 0 aliphatic heterocycles. The number of methoxy groups -OCH3 is 1. The number of nitrogens with zero attached hydrogens (tertiary/aromatic N) is 4. The van der Waals surface area contributed by atoms with Gasteiger partial charge in [-0.2, -0.15) is 0 Å². The van der Waals surface area contributed by atoms with Gasteiger partial charge in [0.05, 0.1) is 13.2 Å². The van der Waals surface area contributed by atoms with Gasteiger partial charge in [-0.3, -0.25) is 9.20 Å². The van der Waals surface area contributed by atoms with Gasteiger partial charge in [0.15, 0.2) is 5.82 Å². The van der Waals surface area contributed by atoms with Gasteiger partial charge in [-0.1, -0.05) is 0 Å². The van der Waals surface area contributed by atoms with Crippen LogP contribution in [0.25, 0.3) is 5.65 Å². The quantitative estimate of drug-likeness (QED) is 0.777. The van der Waals surface area contributed by atoms with Crippen LogP contribution in [0.4, 0.5) is 0 Å². The largest absolute Gasteiger partial charge is 0.475 e. The van der Waals surface area contributed by atoms with E-state index in [9.17, 15) is 4.79 Å². The Bertz CT molecular complexity index is 568. The molecule has 0 unspecified atom stereocenters. The molecule has 2 heterocycles. The number of carbonyl (C=O) groups is 1. The van der Waals surface area contributed by atoms with E-state index in [1.807, 2.05) is 6.92 Å². The second-order valence-corrected chi connectivity index (χ2v) is 3.68. The fraction of sp³-hybridized carbons (Fsp3) is 0.455. The Labute approximate surface area is 109 Å². The highest BCUT2D eigenvalue weighted by molar-refractivity contribution is 5.77. The first-order chi connectivity index (χ1) is 9.26. The van der Waals surface area contributed by atoms with Crippen molar-refractivity contribution in [2.45, 2.75) is 13.5 Å². The lowest BCUT2D eigenvalue weighted by Gasteiger charge is -2.04. The van der Waals surface area contributed by atoms with E-state index in [1.54, 1.807) is 16.8 Å². The summed E-state index contributed by atoms with van der Waals surface area (Å²) in [6.07, 6.45) is 3.32. The van der Waals surface area contributed by atoms with Crippen molar-refractivity contribution in [3.63, 3.8) is 0 Å². The van der Waals surface area contributed by atoms with Gasteiger partial charge in [0.2, 0.25) is 11.6 Å². The van der Waals surface area contributed by atoms with Gasteiger partial charge in [0.1, 0.15) is 6.61 Å². The zero-order valence-corrected chi connectivity index (χ0v) is 10.8. The third-order valence-corrected chi connectivity index (χ3v) is 2.37. The molecular formula is C11H15N5O3. The topological polar surface area (TPSA) is 90.6 Å². The highest BCUT2D eigenvalue weighted by atomic mass is 16.5. The highest BCUT2D eigenvalue weighted by Gasteiger charge is 2.11. The Morgan fingerprint density at radius 1 is 1.47 bits per heavy atom. The van der Waals surface area contributed by atoms with Crippen LogP contribution in [0, 0.1) is 0 Å². The van der Waals surface area contributed by atoms with Crippen LogP contribution in [0.15, 0.2) is 12.4 Å². The number of fused-ring (bicyclic) bond motifs is 1. The molecule has 1 N–H and O–H groups in total. The molecule has 2 aromatic heterocycles. The molecule has 0 aromatic carbocycles. The second-order valence-electron chi connectivity index (χ2n) is 3.68. The maximum atomic E-state index is 11.3. The summed E-state index contributed by atoms with van der Waals surface area (Å²) in [5.74, 6) is 0.813. The minimum Gasteiger partial charge on any atom is -0.475 e. The molecule has 2 rings (SSSR count). The summed E-state index contributed by atoms with van der Waals surface area (Å²) >= 11 is 0. The predicted octanol–water partition coefficient (Wildman–Crippen LogP) is -0.214. The van der Waals surface area contributed by atoms with Crippen molar-refractivity contribution in [3.8, 4) is 5.88 Å². The fourth-order valence-electron chi connectivity index (χ4n) is 1.57. The summed E-state index contributed by atoms with van der Waals surface area (Å²) in [6.45, 7) is 2.65. The molecule has 0 radical (unpaired) electrons. The molecule has 0 fully saturated rings. The van der Waals surface area contributed by atoms with Crippen molar-refractivity contribution in [1.29, 1.82) is 0 Å². The molecular weight excluding hydrogens is 250 g/mol. The van der Waals surface area contributed by atoms with Crippen molar-refractivity contribution >= 4 is 11.6 Å². The summed E-state index contributed by atoms with van der Waals surface area (Å²) < 4.78 is 11.8. The smallest absolute Gasteiger partial charge is 0.260 e. The van der Waals surface area contributed by atoms with E-state index in [1.165, 1.54) is 7.11 Å². The molecule has 0 spiro atoms. The van der Waals surface area contributed by atoms with Crippen LogP contribution in [-0.4, -0.2) is 45.8 Å². The number of carbonyl (C=O) groups excluding carboxylic acids is 1. The van der Waals surface area contributed by atoms with Gasteiger partial charge in [0.25, 0.3) is 5.88 Å². The second kappa shape index (κ2) is 6.10. The van der Waals surface area contributed by atoms with Crippen LogP contribution < -0.4 is 10.1 Å². The summed E-state index contributed by atoms with van der Waals surface area (Å²) in [5, 5.41) is 10.7. The first-order valence-electron chi connectivity index (χ1n) is 5.83. The van der Waals surface area contributed by atoms with Crippen LogP contribution in [0.1, 0.15) is 12.7 Å². The van der Waals surface area contributed by atoms with E-state index in [4.69, 9.17) is 9.47 Å². The fourth-order valence-corrected chi connectivity index (χ4v) is 1.57. The van der Waals surface area contributed by atoms with Crippen molar-refractivity contribution < 1.29 is 14.3 Å². The summed E-state index contributed by atoms with van der Waals surface area (Å²) in [5.41, 5.74) is 0.528. The number of ether oxygens (including phenoxy) is 2. The number of nitrogens with one attached hydrogen (secondary N) is 1. The van der Waals surface area contributed by atoms with Crippen LogP contribution in [-0.2, 0) is 16.1 Å². The maximum absolute atomic E-state index is 11.3. The van der Waals surface area contributed by atoms with Gasteiger partial charge >= 0.3 is 0 Å². The van der Waals surface area contributed by atoms with Gasteiger partial charge in [0, 0.05) is 19.5 Å². The van der Waals surface area contributed by atoms with E-state index in [2.05, 4.69) is 20.5 Å². The zero-order valence-electron chi connectivity index (χ0n) is 10.8. The molecule has 0 aliphatic rings. The van der Waals surface area contributed by atoms with Crippen molar-refractivity contribution in [2.24, 2.45) is 0 Å². The Balaban J connectivity index is 2.16.